The molecule has 0 atom stereocenters. The zero-order valence-corrected chi connectivity index (χ0v) is 12.0. The molecule has 1 fully saturated rings. The Kier molecular flexibility index (Phi) is 4.92. The van der Waals surface area contributed by atoms with Gasteiger partial charge in [0.2, 0.25) is 0 Å². The molecule has 1 aliphatic heterocycles. The Morgan fingerprint density at radius 2 is 1.95 bits per heavy atom. The lowest BCUT2D eigenvalue weighted by molar-refractivity contribution is -0.268. The van der Waals surface area contributed by atoms with Crippen LogP contribution in [0.3, 0.4) is 0 Å². The third-order valence-corrected chi connectivity index (χ3v) is 5.21. The molecule has 0 spiro atoms. The predicted octanol–water partition coefficient (Wildman–Crippen LogP) is 2.12. The van der Waals surface area contributed by atoms with Gasteiger partial charge in [-0.3, -0.25) is 4.79 Å². The molecule has 20 heavy (non-hydrogen) atoms. The third kappa shape index (κ3) is 3.68. The summed E-state index contributed by atoms with van der Waals surface area (Å²) in [4.78, 5) is 23.2. The highest BCUT2D eigenvalue weighted by Crippen LogP contribution is 2.39. The summed E-state index contributed by atoms with van der Waals surface area (Å²) in [5.74, 6) is -0.295. The molecular formula is C14H11O4S2-. The van der Waals surface area contributed by atoms with Gasteiger partial charge in [0.05, 0.1) is 4.24 Å². The van der Waals surface area contributed by atoms with Gasteiger partial charge in [0.25, 0.3) is 0 Å². The lowest BCUT2D eigenvalue weighted by Gasteiger charge is -2.04. The van der Waals surface area contributed by atoms with Crippen LogP contribution in [0, 0.1) is 0 Å². The third-order valence-electron chi connectivity index (χ3n) is 2.50. The first-order valence-corrected chi connectivity index (χ1v) is 7.77. The van der Waals surface area contributed by atoms with Crippen molar-refractivity contribution >= 4 is 41.4 Å². The molecule has 0 amide bonds. The maximum atomic E-state index is 12.0. The molecule has 1 saturated heterocycles. The predicted molar refractivity (Wildman–Crippen MR) is 79.5 cm³/mol. The Labute approximate surface area is 124 Å². The van der Waals surface area contributed by atoms with Gasteiger partial charge in [-0.25, -0.2) is 4.79 Å². The van der Waals surface area contributed by atoms with Gasteiger partial charge in [-0.2, -0.15) is 0 Å². The van der Waals surface area contributed by atoms with E-state index in [0.717, 1.165) is 11.5 Å². The summed E-state index contributed by atoms with van der Waals surface area (Å²) >= 11 is 2.78. The minimum absolute atomic E-state index is 0.154. The van der Waals surface area contributed by atoms with Crippen LogP contribution in [-0.4, -0.2) is 28.4 Å². The first-order chi connectivity index (χ1) is 9.58. The molecule has 0 aromatic heterocycles. The van der Waals surface area contributed by atoms with E-state index >= 15 is 0 Å². The number of thioether (sulfide) groups is 2. The van der Waals surface area contributed by atoms with E-state index in [9.17, 15) is 14.7 Å². The lowest BCUT2D eigenvalue weighted by atomic mass is 10.1. The fraction of sp³-hybridized carbons (Fsp3) is 0.143. The summed E-state index contributed by atoms with van der Waals surface area (Å²) < 4.78 is 0.560. The maximum absolute atomic E-state index is 12.0. The van der Waals surface area contributed by atoms with Crippen molar-refractivity contribution in [2.24, 2.45) is 0 Å². The molecule has 0 saturated carbocycles. The van der Waals surface area contributed by atoms with Gasteiger partial charge in [0.15, 0.2) is 5.78 Å². The van der Waals surface area contributed by atoms with Crippen molar-refractivity contribution in [2.45, 2.75) is 0 Å². The number of hydrogen-bond donors (Lipinski definition) is 1. The molecule has 1 aromatic carbocycles. The van der Waals surface area contributed by atoms with E-state index in [1.54, 1.807) is 12.1 Å². The van der Waals surface area contributed by atoms with Crippen molar-refractivity contribution in [1.82, 2.24) is 0 Å². The Morgan fingerprint density at radius 1 is 1.25 bits per heavy atom. The molecule has 1 N–H and O–H groups in total. The number of ketones is 1. The standard InChI is InChI=1S/C14H12O4S2/c15-10-3-1-2-9(8-10)4-5-11(16)12(13(17)18)14-19-6-7-20-14/h1-5,8,15H,6-7H2,(H,17,18)/p-1/b5-4+. The van der Waals surface area contributed by atoms with Gasteiger partial charge < -0.3 is 10.2 Å². The zero-order valence-electron chi connectivity index (χ0n) is 10.4. The highest BCUT2D eigenvalue weighted by Gasteiger charge is 2.24. The number of benzene rings is 1. The molecule has 0 radical (unpaired) electrons. The highest BCUT2D eigenvalue weighted by molar-refractivity contribution is 8.25. The summed E-state index contributed by atoms with van der Waals surface area (Å²) in [5, 5.41) is 20.3. The van der Waals surface area contributed by atoms with Crippen LogP contribution in [-0.2, 0) is 9.59 Å². The van der Waals surface area contributed by atoms with Crippen LogP contribution in [0.15, 0.2) is 40.2 Å². The molecule has 0 aliphatic carbocycles. The number of rotatable bonds is 4. The molecule has 104 valence electrons. The molecule has 0 bridgehead atoms. The second-order valence-electron chi connectivity index (χ2n) is 3.93. The number of carboxylic acid groups (broad SMARTS) is 1. The lowest BCUT2D eigenvalue weighted by Crippen LogP contribution is -2.11. The largest absolute Gasteiger partial charge is 0.872 e. The molecule has 0 unspecified atom stereocenters. The number of hydrogen-bond acceptors (Lipinski definition) is 5. The first kappa shape index (κ1) is 14.7. The highest BCUT2D eigenvalue weighted by atomic mass is 32.2. The zero-order chi connectivity index (χ0) is 14.5. The quantitative estimate of drug-likeness (QED) is 0.521. The number of carbonyl (C=O) groups excluding carboxylic acids is 1. The molecule has 1 aromatic rings. The van der Waals surface area contributed by atoms with Crippen LogP contribution >= 0.6 is 23.5 Å². The van der Waals surface area contributed by atoms with E-state index in [0.29, 0.717) is 9.80 Å². The molecule has 2 rings (SSSR count). The number of carbonyl (C=O) groups is 2. The topological polar surface area (TPSA) is 77.4 Å². The van der Waals surface area contributed by atoms with Crippen LogP contribution in [0.25, 0.3) is 6.08 Å². The SMILES string of the molecule is O=C(O)C(C(=O)/C=C/c1cccc([O-])c1)=C1SCCS1. The minimum Gasteiger partial charge on any atom is -0.872 e. The number of allylic oxidation sites excluding steroid dienone is 1. The second-order valence-corrected chi connectivity index (χ2v) is 6.40. The first-order valence-electron chi connectivity index (χ1n) is 5.80. The Balaban J connectivity index is 2.21. The summed E-state index contributed by atoms with van der Waals surface area (Å²) in [7, 11) is 0. The van der Waals surface area contributed by atoms with Crippen molar-refractivity contribution in [3.63, 3.8) is 0 Å². The summed E-state index contributed by atoms with van der Waals surface area (Å²) in [5.41, 5.74) is 0.388. The van der Waals surface area contributed by atoms with Crippen molar-refractivity contribution in [3.8, 4) is 5.75 Å². The van der Waals surface area contributed by atoms with E-state index in [4.69, 9.17) is 5.11 Å². The summed E-state index contributed by atoms with van der Waals surface area (Å²) in [6.07, 6.45) is 2.65. The average molecular weight is 307 g/mol. The number of carboxylic acids is 1. The Bertz CT molecular complexity index is 597. The molecule has 4 nitrogen and oxygen atoms in total. The van der Waals surface area contributed by atoms with Crippen molar-refractivity contribution in [3.05, 3.63) is 45.7 Å². The van der Waals surface area contributed by atoms with E-state index in [1.165, 1.54) is 47.8 Å². The van der Waals surface area contributed by atoms with Crippen LogP contribution in [0.4, 0.5) is 0 Å². The number of aliphatic carboxylic acids is 1. The molecule has 1 heterocycles. The molecule has 1 aliphatic rings. The molecule has 6 heteroatoms. The summed E-state index contributed by atoms with van der Waals surface area (Å²) in [6.45, 7) is 0. The van der Waals surface area contributed by atoms with Crippen LogP contribution in [0.2, 0.25) is 0 Å². The van der Waals surface area contributed by atoms with Crippen molar-refractivity contribution < 1.29 is 19.8 Å². The van der Waals surface area contributed by atoms with Crippen LogP contribution < -0.4 is 5.11 Å². The average Bonchev–Trinajstić information content (AvgIpc) is 2.90. The second kappa shape index (κ2) is 6.67. The van der Waals surface area contributed by atoms with Gasteiger partial charge in [0.1, 0.15) is 5.57 Å². The smallest absolute Gasteiger partial charge is 0.341 e. The van der Waals surface area contributed by atoms with E-state index in [-0.39, 0.29) is 11.3 Å². The van der Waals surface area contributed by atoms with Crippen LogP contribution in [0.5, 0.6) is 5.75 Å². The van der Waals surface area contributed by atoms with E-state index in [1.807, 2.05) is 0 Å². The molecular weight excluding hydrogens is 296 g/mol. The summed E-state index contributed by atoms with van der Waals surface area (Å²) in [6, 6.07) is 6.07. The van der Waals surface area contributed by atoms with E-state index < -0.39 is 11.8 Å². The fourth-order valence-corrected chi connectivity index (χ4v) is 4.16. The fourth-order valence-electron chi connectivity index (χ4n) is 1.62. The van der Waals surface area contributed by atoms with Gasteiger partial charge >= 0.3 is 5.97 Å². The Hall–Kier alpha value is -1.66. The van der Waals surface area contributed by atoms with Gasteiger partial charge in [-0.15, -0.1) is 29.3 Å². The monoisotopic (exact) mass is 307 g/mol. The van der Waals surface area contributed by atoms with Gasteiger partial charge in [-0.1, -0.05) is 30.3 Å². The Morgan fingerprint density at radius 3 is 2.55 bits per heavy atom. The van der Waals surface area contributed by atoms with E-state index in [2.05, 4.69) is 0 Å². The maximum Gasteiger partial charge on any atom is 0.341 e. The van der Waals surface area contributed by atoms with Gasteiger partial charge in [-0.05, 0) is 11.6 Å². The van der Waals surface area contributed by atoms with Crippen molar-refractivity contribution in [2.75, 3.05) is 11.5 Å². The van der Waals surface area contributed by atoms with Crippen molar-refractivity contribution in [1.29, 1.82) is 0 Å². The van der Waals surface area contributed by atoms with Crippen LogP contribution in [0.1, 0.15) is 5.56 Å². The minimum atomic E-state index is -1.21. The normalized spacial score (nSPS) is 14.7. The van der Waals surface area contributed by atoms with Gasteiger partial charge in [0, 0.05) is 11.5 Å².